The van der Waals surface area contributed by atoms with Crippen molar-refractivity contribution in [2.75, 3.05) is 13.2 Å². The number of Topliss-reactive ketones (excluding diaryl/α,β-unsaturated/α-hetero) is 1. The van der Waals surface area contributed by atoms with Crippen molar-refractivity contribution in [2.24, 2.45) is 0 Å². The predicted molar refractivity (Wildman–Crippen MR) is 97.2 cm³/mol. The number of hydrogen-bond acceptors (Lipinski definition) is 6. The Bertz CT molecular complexity index is 955. The van der Waals surface area contributed by atoms with E-state index >= 15 is 0 Å². The van der Waals surface area contributed by atoms with Gasteiger partial charge in [0.2, 0.25) is 10.0 Å². The molecule has 0 spiro atoms. The number of rotatable bonds is 7. The van der Waals surface area contributed by atoms with Crippen LogP contribution < -0.4 is 9.46 Å². The first kappa shape index (κ1) is 19.1. The summed E-state index contributed by atoms with van der Waals surface area (Å²) < 4.78 is 37.2. The largest absolute Gasteiger partial charge is 0.478 e. The molecule has 2 aromatic rings. The summed E-state index contributed by atoms with van der Waals surface area (Å²) in [5, 5.41) is 0. The summed E-state index contributed by atoms with van der Waals surface area (Å²) in [5.41, 5.74) is 1.06. The Hall–Kier alpha value is -2.71. The number of fused-ring (bicyclic) bond motifs is 1. The average Bonchev–Trinajstić information content (AvgIpc) is 3.10. The molecule has 1 aliphatic heterocycles. The van der Waals surface area contributed by atoms with Gasteiger partial charge in [0.1, 0.15) is 5.75 Å². The van der Waals surface area contributed by atoms with E-state index < -0.39 is 22.1 Å². The van der Waals surface area contributed by atoms with Crippen LogP contribution in [-0.2, 0) is 26.0 Å². The van der Waals surface area contributed by atoms with Crippen LogP contribution in [0.3, 0.4) is 0 Å². The van der Waals surface area contributed by atoms with Crippen LogP contribution in [0.1, 0.15) is 22.8 Å². The number of nitrogens with one attached hydrogen (secondary N) is 1. The van der Waals surface area contributed by atoms with Gasteiger partial charge in [0, 0.05) is 12.0 Å². The zero-order chi connectivity index (χ0) is 19.4. The topological polar surface area (TPSA) is 98.8 Å². The van der Waals surface area contributed by atoms with Crippen LogP contribution in [-0.4, -0.2) is 39.4 Å². The van der Waals surface area contributed by atoms with E-state index in [1.54, 1.807) is 43.3 Å². The highest BCUT2D eigenvalue weighted by atomic mass is 32.2. The Kier molecular flexibility index (Phi) is 5.57. The van der Waals surface area contributed by atoms with Crippen LogP contribution in [0.4, 0.5) is 0 Å². The minimum atomic E-state index is -3.76. The second-order valence-corrected chi connectivity index (χ2v) is 7.71. The van der Waals surface area contributed by atoms with Gasteiger partial charge in [0.25, 0.3) is 0 Å². The smallest absolute Gasteiger partial charge is 0.347 e. The van der Waals surface area contributed by atoms with Gasteiger partial charge in [-0.3, -0.25) is 4.79 Å². The fourth-order valence-electron chi connectivity index (χ4n) is 2.73. The van der Waals surface area contributed by atoms with E-state index in [1.807, 2.05) is 0 Å². The molecule has 0 radical (unpaired) electrons. The lowest BCUT2D eigenvalue weighted by atomic mass is 10.0. The summed E-state index contributed by atoms with van der Waals surface area (Å²) in [4.78, 5) is 24.3. The molecule has 0 aromatic heterocycles. The van der Waals surface area contributed by atoms with E-state index in [-0.39, 0.29) is 23.8 Å². The van der Waals surface area contributed by atoms with Crippen molar-refractivity contribution < 1.29 is 27.5 Å². The Labute approximate surface area is 157 Å². The summed E-state index contributed by atoms with van der Waals surface area (Å²) >= 11 is 0. The van der Waals surface area contributed by atoms with E-state index in [0.717, 1.165) is 0 Å². The molecule has 0 bridgehead atoms. The van der Waals surface area contributed by atoms with Gasteiger partial charge in [-0.05, 0) is 42.8 Å². The van der Waals surface area contributed by atoms with Gasteiger partial charge in [0.15, 0.2) is 11.9 Å². The number of benzene rings is 2. The molecule has 7 nitrogen and oxygen atoms in total. The SMILES string of the molecule is CCOC(=O)C1Cc2cc(C(=O)CNS(=O)(=O)c3ccccc3)ccc2O1. The summed E-state index contributed by atoms with van der Waals surface area (Å²) in [6.45, 7) is 1.62. The third-order valence-corrected chi connectivity index (χ3v) is 5.50. The fraction of sp³-hybridized carbons (Fsp3) is 0.263. The molecule has 0 saturated carbocycles. The zero-order valence-electron chi connectivity index (χ0n) is 14.7. The van der Waals surface area contributed by atoms with Gasteiger partial charge < -0.3 is 9.47 Å². The van der Waals surface area contributed by atoms with Gasteiger partial charge in [-0.1, -0.05) is 18.2 Å². The molecule has 8 heteroatoms. The summed E-state index contributed by atoms with van der Waals surface area (Å²) in [7, 11) is -3.76. The second kappa shape index (κ2) is 7.89. The molecular weight excluding hydrogens is 370 g/mol. The highest BCUT2D eigenvalue weighted by Crippen LogP contribution is 2.30. The number of hydrogen-bond donors (Lipinski definition) is 1. The number of ether oxygens (including phenoxy) is 2. The molecule has 1 heterocycles. The molecule has 0 fully saturated rings. The summed E-state index contributed by atoms with van der Waals surface area (Å²) in [5.74, 6) is -0.302. The molecule has 0 saturated heterocycles. The maximum absolute atomic E-state index is 12.4. The Balaban J connectivity index is 1.66. The molecule has 2 aromatic carbocycles. The van der Waals surface area contributed by atoms with Crippen molar-refractivity contribution >= 4 is 21.8 Å². The number of sulfonamides is 1. The van der Waals surface area contributed by atoms with Crippen molar-refractivity contribution in [3.63, 3.8) is 0 Å². The lowest BCUT2D eigenvalue weighted by molar-refractivity contribution is -0.150. The van der Waals surface area contributed by atoms with Crippen LogP contribution in [0.15, 0.2) is 53.4 Å². The Morgan fingerprint density at radius 1 is 1.19 bits per heavy atom. The van der Waals surface area contributed by atoms with Crippen molar-refractivity contribution in [1.29, 1.82) is 0 Å². The lowest BCUT2D eigenvalue weighted by Crippen LogP contribution is -2.29. The van der Waals surface area contributed by atoms with Gasteiger partial charge in [-0.25, -0.2) is 17.9 Å². The normalized spacial score (nSPS) is 15.7. The van der Waals surface area contributed by atoms with Crippen LogP contribution in [0, 0.1) is 0 Å². The number of carbonyl (C=O) groups is 2. The van der Waals surface area contributed by atoms with E-state index in [0.29, 0.717) is 23.3 Å². The number of ketones is 1. The Morgan fingerprint density at radius 3 is 2.63 bits per heavy atom. The van der Waals surface area contributed by atoms with Crippen molar-refractivity contribution in [1.82, 2.24) is 4.72 Å². The maximum atomic E-state index is 12.4. The summed E-state index contributed by atoms with van der Waals surface area (Å²) in [6, 6.07) is 12.6. The van der Waals surface area contributed by atoms with Gasteiger partial charge in [-0.15, -0.1) is 0 Å². The molecule has 1 N–H and O–H groups in total. The number of carbonyl (C=O) groups excluding carboxylic acids is 2. The van der Waals surface area contributed by atoms with Gasteiger partial charge >= 0.3 is 5.97 Å². The molecule has 0 amide bonds. The molecule has 0 aliphatic carbocycles. The van der Waals surface area contributed by atoms with Gasteiger partial charge in [-0.2, -0.15) is 0 Å². The highest BCUT2D eigenvalue weighted by molar-refractivity contribution is 7.89. The first-order valence-electron chi connectivity index (χ1n) is 8.45. The molecule has 1 unspecified atom stereocenters. The molecule has 27 heavy (non-hydrogen) atoms. The minimum absolute atomic E-state index is 0.0948. The zero-order valence-corrected chi connectivity index (χ0v) is 15.5. The first-order chi connectivity index (χ1) is 12.9. The van der Waals surface area contributed by atoms with Crippen molar-refractivity contribution in [2.45, 2.75) is 24.3 Å². The second-order valence-electron chi connectivity index (χ2n) is 5.95. The van der Waals surface area contributed by atoms with E-state index in [1.165, 1.54) is 12.1 Å². The van der Waals surface area contributed by atoms with Crippen LogP contribution in [0.2, 0.25) is 0 Å². The predicted octanol–water partition coefficient (Wildman–Crippen LogP) is 1.71. The standard InChI is InChI=1S/C19H19NO6S/c1-2-25-19(22)18-11-14-10-13(8-9-17(14)26-18)16(21)12-20-27(23,24)15-6-4-3-5-7-15/h3-10,18,20H,2,11-12H2,1H3. The molecule has 1 aliphatic rings. The molecular formula is C19H19NO6S. The Morgan fingerprint density at radius 2 is 1.93 bits per heavy atom. The van der Waals surface area contributed by atoms with Crippen molar-refractivity contribution in [3.8, 4) is 5.75 Å². The molecule has 3 rings (SSSR count). The maximum Gasteiger partial charge on any atom is 0.347 e. The van der Waals surface area contributed by atoms with Crippen LogP contribution in [0.25, 0.3) is 0 Å². The lowest BCUT2D eigenvalue weighted by Gasteiger charge is -2.08. The number of esters is 1. The van der Waals surface area contributed by atoms with Crippen LogP contribution in [0.5, 0.6) is 5.75 Å². The average molecular weight is 389 g/mol. The molecule has 142 valence electrons. The van der Waals surface area contributed by atoms with Crippen molar-refractivity contribution in [3.05, 3.63) is 59.7 Å². The van der Waals surface area contributed by atoms with E-state index in [4.69, 9.17) is 9.47 Å². The van der Waals surface area contributed by atoms with Crippen LogP contribution >= 0.6 is 0 Å². The quantitative estimate of drug-likeness (QED) is 0.572. The molecule has 1 atom stereocenters. The van der Waals surface area contributed by atoms with E-state index in [2.05, 4.69) is 4.72 Å². The van der Waals surface area contributed by atoms with E-state index in [9.17, 15) is 18.0 Å². The summed E-state index contributed by atoms with van der Waals surface area (Å²) in [6.07, 6.45) is -0.410. The first-order valence-corrected chi connectivity index (χ1v) is 9.93. The fourth-order valence-corrected chi connectivity index (χ4v) is 3.74. The minimum Gasteiger partial charge on any atom is -0.478 e. The monoisotopic (exact) mass is 389 g/mol. The highest BCUT2D eigenvalue weighted by Gasteiger charge is 2.30. The van der Waals surface area contributed by atoms with Gasteiger partial charge in [0.05, 0.1) is 18.0 Å². The third-order valence-electron chi connectivity index (χ3n) is 4.08. The third kappa shape index (κ3) is 4.35.